The fourth-order valence-corrected chi connectivity index (χ4v) is 3.15. The Bertz CT molecular complexity index is 214. The first-order chi connectivity index (χ1) is 8.29. The van der Waals surface area contributed by atoms with E-state index < -0.39 is 0 Å². The minimum absolute atomic E-state index is 0.105. The third kappa shape index (κ3) is 3.94. The van der Waals surface area contributed by atoms with Gasteiger partial charge < -0.3 is 15.2 Å². The summed E-state index contributed by atoms with van der Waals surface area (Å²) in [5, 5.41) is 13.4. The number of hydrogen-bond acceptors (Lipinski definition) is 3. The summed E-state index contributed by atoms with van der Waals surface area (Å²) in [5.74, 6) is 0. The molecule has 2 unspecified atom stereocenters. The fraction of sp³-hybridized carbons (Fsp3) is 1.00. The third-order valence-corrected chi connectivity index (χ3v) is 4.37. The van der Waals surface area contributed by atoms with Crippen molar-refractivity contribution in [2.24, 2.45) is 0 Å². The summed E-state index contributed by atoms with van der Waals surface area (Å²) < 4.78 is 6.14. The van der Waals surface area contributed by atoms with Crippen molar-refractivity contribution in [3.63, 3.8) is 0 Å². The van der Waals surface area contributed by atoms with Crippen LogP contribution in [0.25, 0.3) is 0 Å². The second-order valence-electron chi connectivity index (χ2n) is 5.64. The lowest BCUT2D eigenvalue weighted by Gasteiger charge is -2.32. The summed E-state index contributed by atoms with van der Waals surface area (Å²) in [6, 6.07) is 0.675. The van der Waals surface area contributed by atoms with Gasteiger partial charge in [-0.25, -0.2) is 0 Å². The van der Waals surface area contributed by atoms with Crippen LogP contribution in [-0.2, 0) is 4.74 Å². The average molecular weight is 241 g/mol. The van der Waals surface area contributed by atoms with Gasteiger partial charge in [0.05, 0.1) is 18.3 Å². The second kappa shape index (κ2) is 6.72. The van der Waals surface area contributed by atoms with Crippen molar-refractivity contribution in [1.29, 1.82) is 0 Å². The van der Waals surface area contributed by atoms with Crippen LogP contribution in [0, 0.1) is 0 Å². The van der Waals surface area contributed by atoms with Crippen molar-refractivity contribution in [2.45, 2.75) is 82.1 Å². The molecule has 0 spiro atoms. The van der Waals surface area contributed by atoms with Gasteiger partial charge in [-0.1, -0.05) is 19.3 Å². The van der Waals surface area contributed by atoms with Gasteiger partial charge in [-0.15, -0.1) is 0 Å². The summed E-state index contributed by atoms with van der Waals surface area (Å²) in [5.41, 5.74) is 0. The second-order valence-corrected chi connectivity index (χ2v) is 5.64. The molecule has 0 aromatic rings. The first kappa shape index (κ1) is 13.3. The topological polar surface area (TPSA) is 41.5 Å². The largest absolute Gasteiger partial charge is 0.390 e. The highest BCUT2D eigenvalue weighted by molar-refractivity contribution is 4.80. The molecule has 2 saturated carbocycles. The van der Waals surface area contributed by atoms with Gasteiger partial charge in [0, 0.05) is 6.04 Å². The molecule has 2 aliphatic carbocycles. The van der Waals surface area contributed by atoms with Crippen LogP contribution in [0.2, 0.25) is 0 Å². The highest BCUT2D eigenvalue weighted by atomic mass is 16.5. The highest BCUT2D eigenvalue weighted by Crippen LogP contribution is 2.27. The van der Waals surface area contributed by atoms with E-state index in [4.69, 9.17) is 4.74 Å². The molecule has 0 heterocycles. The number of ether oxygens (including phenoxy) is 1. The van der Waals surface area contributed by atoms with Crippen LogP contribution in [0.3, 0.4) is 0 Å². The van der Waals surface area contributed by atoms with Crippen molar-refractivity contribution in [2.75, 3.05) is 7.05 Å². The van der Waals surface area contributed by atoms with Crippen LogP contribution < -0.4 is 5.32 Å². The quantitative estimate of drug-likeness (QED) is 0.745. The van der Waals surface area contributed by atoms with Gasteiger partial charge in [-0.05, 0) is 45.6 Å². The van der Waals surface area contributed by atoms with Crippen LogP contribution in [0.1, 0.15) is 57.8 Å². The van der Waals surface area contributed by atoms with E-state index in [0.29, 0.717) is 12.1 Å². The van der Waals surface area contributed by atoms with Crippen LogP contribution in [0.4, 0.5) is 0 Å². The van der Waals surface area contributed by atoms with Gasteiger partial charge in [-0.2, -0.15) is 0 Å². The zero-order chi connectivity index (χ0) is 12.1. The molecule has 2 fully saturated rings. The maximum absolute atomic E-state index is 10.0. The Morgan fingerprint density at radius 3 is 2.35 bits per heavy atom. The number of aliphatic hydroxyl groups excluding tert-OH is 1. The monoisotopic (exact) mass is 241 g/mol. The SMILES string of the molecule is CNC1CCC(OC2CCCCCC2O)CC1. The molecule has 100 valence electrons. The predicted octanol–water partition coefficient (Wildman–Crippen LogP) is 2.23. The molecule has 0 saturated heterocycles. The van der Waals surface area contributed by atoms with Gasteiger partial charge in [0.1, 0.15) is 0 Å². The maximum Gasteiger partial charge on any atom is 0.0837 e. The minimum Gasteiger partial charge on any atom is -0.390 e. The number of rotatable bonds is 3. The lowest BCUT2D eigenvalue weighted by atomic mass is 9.92. The van der Waals surface area contributed by atoms with Gasteiger partial charge in [0.25, 0.3) is 0 Å². The minimum atomic E-state index is -0.223. The third-order valence-electron chi connectivity index (χ3n) is 4.37. The molecule has 3 nitrogen and oxygen atoms in total. The number of nitrogens with one attached hydrogen (secondary N) is 1. The van der Waals surface area contributed by atoms with Crippen molar-refractivity contribution in [3.05, 3.63) is 0 Å². The molecule has 0 bridgehead atoms. The Morgan fingerprint density at radius 2 is 1.65 bits per heavy atom. The van der Waals surface area contributed by atoms with Gasteiger partial charge in [0.15, 0.2) is 0 Å². The Balaban J connectivity index is 1.76. The maximum atomic E-state index is 10.0. The van der Waals surface area contributed by atoms with Gasteiger partial charge in [-0.3, -0.25) is 0 Å². The molecule has 2 N–H and O–H groups in total. The van der Waals surface area contributed by atoms with Crippen molar-refractivity contribution >= 4 is 0 Å². The van der Waals surface area contributed by atoms with Crippen molar-refractivity contribution < 1.29 is 9.84 Å². The van der Waals surface area contributed by atoms with E-state index >= 15 is 0 Å². The first-order valence-electron chi connectivity index (χ1n) is 7.30. The number of aliphatic hydroxyl groups is 1. The molecule has 0 aliphatic heterocycles. The van der Waals surface area contributed by atoms with Gasteiger partial charge in [0.2, 0.25) is 0 Å². The summed E-state index contributed by atoms with van der Waals surface area (Å²) in [7, 11) is 2.04. The van der Waals surface area contributed by atoms with Gasteiger partial charge >= 0.3 is 0 Å². The smallest absolute Gasteiger partial charge is 0.0837 e. The van der Waals surface area contributed by atoms with E-state index in [-0.39, 0.29) is 12.2 Å². The Hall–Kier alpha value is -0.120. The molecule has 2 rings (SSSR count). The summed E-state index contributed by atoms with van der Waals surface area (Å²) in [6.45, 7) is 0. The first-order valence-corrected chi connectivity index (χ1v) is 7.30. The zero-order valence-electron chi connectivity index (χ0n) is 11.0. The summed E-state index contributed by atoms with van der Waals surface area (Å²) in [6.07, 6.45) is 10.6. The molecule has 2 aliphatic rings. The fourth-order valence-electron chi connectivity index (χ4n) is 3.15. The van der Waals surface area contributed by atoms with E-state index in [1.165, 1.54) is 25.7 Å². The van der Waals surface area contributed by atoms with E-state index in [2.05, 4.69) is 5.32 Å². The van der Waals surface area contributed by atoms with E-state index in [1.54, 1.807) is 0 Å². The highest BCUT2D eigenvalue weighted by Gasteiger charge is 2.27. The Labute approximate surface area is 105 Å². The van der Waals surface area contributed by atoms with E-state index in [9.17, 15) is 5.11 Å². The van der Waals surface area contributed by atoms with Crippen LogP contribution >= 0.6 is 0 Å². The molecule has 17 heavy (non-hydrogen) atoms. The lowest BCUT2D eigenvalue weighted by Crippen LogP contribution is -2.37. The molecule has 0 aromatic carbocycles. The normalized spacial score (nSPS) is 39.9. The zero-order valence-corrected chi connectivity index (χ0v) is 11.0. The molecule has 2 atom stereocenters. The molecule has 0 aromatic heterocycles. The van der Waals surface area contributed by atoms with Crippen molar-refractivity contribution in [3.8, 4) is 0 Å². The van der Waals surface area contributed by atoms with Crippen molar-refractivity contribution in [1.82, 2.24) is 5.32 Å². The predicted molar refractivity (Wildman–Crippen MR) is 69.1 cm³/mol. The molecular weight excluding hydrogens is 214 g/mol. The summed E-state index contributed by atoms with van der Waals surface area (Å²) >= 11 is 0. The molecule has 0 radical (unpaired) electrons. The Kier molecular flexibility index (Phi) is 5.26. The molecular formula is C14H27NO2. The molecule has 3 heteroatoms. The Morgan fingerprint density at radius 1 is 0.941 bits per heavy atom. The average Bonchev–Trinajstić information content (AvgIpc) is 2.56. The van der Waals surface area contributed by atoms with Crippen LogP contribution in [0.5, 0.6) is 0 Å². The molecule has 0 amide bonds. The van der Waals surface area contributed by atoms with Crippen LogP contribution in [0.15, 0.2) is 0 Å². The summed E-state index contributed by atoms with van der Waals surface area (Å²) in [4.78, 5) is 0. The standard InChI is InChI=1S/C14H27NO2/c1-15-11-7-9-12(10-8-11)17-14-6-4-2-3-5-13(14)16/h11-16H,2-10H2,1H3. The van der Waals surface area contributed by atoms with Crippen LogP contribution in [-0.4, -0.2) is 36.5 Å². The van der Waals surface area contributed by atoms with E-state index in [1.807, 2.05) is 7.05 Å². The van der Waals surface area contributed by atoms with E-state index in [0.717, 1.165) is 32.1 Å². The number of hydrogen-bond donors (Lipinski definition) is 2. The lowest BCUT2D eigenvalue weighted by molar-refractivity contribution is -0.0907.